The van der Waals surface area contributed by atoms with Gasteiger partial charge < -0.3 is 28.7 Å². The quantitative estimate of drug-likeness (QED) is 0.0786. The molecule has 0 saturated carbocycles. The summed E-state index contributed by atoms with van der Waals surface area (Å²) in [5.41, 5.74) is 0. The van der Waals surface area contributed by atoms with Crippen LogP contribution in [0.1, 0.15) is 98.3 Å². The van der Waals surface area contributed by atoms with Gasteiger partial charge in [0.15, 0.2) is 0 Å². The maximum absolute atomic E-state index is 11.8. The number of benzene rings is 2. The third-order valence-electron chi connectivity index (χ3n) is 8.20. The van der Waals surface area contributed by atoms with Gasteiger partial charge in [0.25, 0.3) is 8.32 Å². The Bertz CT molecular complexity index is 962. The van der Waals surface area contributed by atoms with Crippen LogP contribution in [0, 0.1) is 0 Å². The van der Waals surface area contributed by atoms with Crippen molar-refractivity contribution >= 4 is 24.8 Å². The lowest BCUT2D eigenvalue weighted by molar-refractivity contribution is 0.00922. The van der Waals surface area contributed by atoms with Crippen LogP contribution in [-0.2, 0) is 23.4 Å². The van der Waals surface area contributed by atoms with E-state index in [0.29, 0.717) is 59.4 Å². The van der Waals surface area contributed by atoms with E-state index in [9.17, 15) is 4.79 Å². The molecule has 0 spiro atoms. The third-order valence-corrected chi connectivity index (χ3v) is 13.2. The summed E-state index contributed by atoms with van der Waals surface area (Å²) >= 11 is 0. The van der Waals surface area contributed by atoms with Crippen LogP contribution >= 0.6 is 0 Å². The predicted octanol–water partition coefficient (Wildman–Crippen LogP) is 7.65. The molecular formula is C38H63NO6Si. The molecule has 2 rings (SSSR count). The van der Waals surface area contributed by atoms with Gasteiger partial charge in [0.1, 0.15) is 0 Å². The number of hydrogen-bond donors (Lipinski definition) is 1. The lowest BCUT2D eigenvalue weighted by Crippen LogP contribution is -2.66. The summed E-state index contributed by atoms with van der Waals surface area (Å²) < 4.78 is 29.1. The van der Waals surface area contributed by atoms with Crippen molar-refractivity contribution in [3.63, 3.8) is 0 Å². The van der Waals surface area contributed by atoms with Crippen molar-refractivity contribution in [1.82, 2.24) is 5.32 Å². The fraction of sp³-hybridized carbons (Fsp3) is 0.658. The number of ether oxygens (including phenoxy) is 4. The van der Waals surface area contributed by atoms with Crippen molar-refractivity contribution in [2.75, 3.05) is 59.4 Å². The minimum absolute atomic E-state index is 0.0547. The molecule has 1 amide bonds. The SMILES string of the molecule is CCCCCCCCCCCCCOC(=O)NCCOCCOCCOCCO[Si](c1ccccc1)(c1ccccc1)C(C)(C)C. The van der Waals surface area contributed by atoms with Crippen LogP contribution in [0.25, 0.3) is 0 Å². The minimum Gasteiger partial charge on any atom is -0.450 e. The number of carbonyl (C=O) groups excluding carboxylic acids is 1. The molecule has 0 aliphatic heterocycles. The standard InChI is InChI=1S/C38H63NO6Si/c1-5-6-7-8-9-10-11-12-13-14-21-27-44-37(40)39-26-28-41-29-30-42-31-32-43-33-34-45-46(38(2,3)4,35-22-17-15-18-23-35)36-24-19-16-20-25-36/h15-20,22-25H,5-14,21,26-34H2,1-4H3,(H,39,40). The summed E-state index contributed by atoms with van der Waals surface area (Å²) in [6.07, 6.45) is 13.7. The van der Waals surface area contributed by atoms with E-state index in [2.05, 4.69) is 93.7 Å². The van der Waals surface area contributed by atoms with E-state index in [1.165, 1.54) is 68.2 Å². The summed E-state index contributed by atoms with van der Waals surface area (Å²) in [5.74, 6) is 0. The van der Waals surface area contributed by atoms with E-state index in [4.69, 9.17) is 23.4 Å². The molecule has 1 N–H and O–H groups in total. The molecule has 8 heteroatoms. The van der Waals surface area contributed by atoms with Gasteiger partial charge in [-0.05, 0) is 21.8 Å². The Balaban J connectivity index is 1.45. The molecule has 2 aromatic rings. The number of alkyl carbamates (subject to hydrolysis) is 1. The molecule has 0 aromatic heterocycles. The van der Waals surface area contributed by atoms with E-state index in [1.807, 2.05) is 0 Å². The fourth-order valence-electron chi connectivity index (χ4n) is 5.76. The largest absolute Gasteiger partial charge is 0.450 e. The molecule has 0 atom stereocenters. The second-order valence-electron chi connectivity index (χ2n) is 12.9. The topological polar surface area (TPSA) is 75.3 Å². The lowest BCUT2D eigenvalue weighted by atomic mass is 10.1. The molecule has 0 radical (unpaired) electrons. The first-order valence-corrected chi connectivity index (χ1v) is 19.7. The highest BCUT2D eigenvalue weighted by molar-refractivity contribution is 6.99. The summed E-state index contributed by atoms with van der Waals surface area (Å²) in [4.78, 5) is 11.8. The molecule has 0 fully saturated rings. The Morgan fingerprint density at radius 1 is 0.587 bits per heavy atom. The van der Waals surface area contributed by atoms with E-state index in [-0.39, 0.29) is 11.1 Å². The second-order valence-corrected chi connectivity index (χ2v) is 17.3. The van der Waals surface area contributed by atoms with E-state index in [1.54, 1.807) is 0 Å². The third kappa shape index (κ3) is 16.0. The van der Waals surface area contributed by atoms with Crippen LogP contribution in [0.4, 0.5) is 4.79 Å². The Kier molecular flexibility index (Phi) is 21.6. The highest BCUT2D eigenvalue weighted by Gasteiger charge is 2.50. The molecule has 7 nitrogen and oxygen atoms in total. The van der Waals surface area contributed by atoms with Crippen molar-refractivity contribution in [2.45, 2.75) is 103 Å². The van der Waals surface area contributed by atoms with Crippen molar-refractivity contribution in [3.8, 4) is 0 Å². The number of amides is 1. The maximum atomic E-state index is 11.8. The zero-order valence-corrected chi connectivity index (χ0v) is 30.4. The molecule has 0 heterocycles. The average molecular weight is 658 g/mol. The summed E-state index contributed by atoms with van der Waals surface area (Å²) in [5, 5.41) is 5.22. The Hall–Kier alpha value is -2.23. The highest BCUT2D eigenvalue weighted by atomic mass is 28.4. The normalized spacial score (nSPS) is 11.9. The number of carbonyl (C=O) groups is 1. The second kappa shape index (κ2) is 24.9. The molecule has 0 saturated heterocycles. The van der Waals surface area contributed by atoms with Crippen LogP contribution in [-0.4, -0.2) is 73.8 Å². The van der Waals surface area contributed by atoms with Gasteiger partial charge in [0.05, 0.1) is 52.9 Å². The maximum Gasteiger partial charge on any atom is 0.407 e. The van der Waals surface area contributed by atoms with E-state index >= 15 is 0 Å². The number of rotatable bonds is 27. The van der Waals surface area contributed by atoms with Gasteiger partial charge in [-0.1, -0.05) is 153 Å². The van der Waals surface area contributed by atoms with Gasteiger partial charge >= 0.3 is 6.09 Å². The molecule has 46 heavy (non-hydrogen) atoms. The van der Waals surface area contributed by atoms with Crippen molar-refractivity contribution in [2.24, 2.45) is 0 Å². The highest BCUT2D eigenvalue weighted by Crippen LogP contribution is 2.36. The van der Waals surface area contributed by atoms with Crippen LogP contribution in [0.15, 0.2) is 60.7 Å². The monoisotopic (exact) mass is 657 g/mol. The molecule has 0 bridgehead atoms. The van der Waals surface area contributed by atoms with Gasteiger partial charge in [-0.15, -0.1) is 0 Å². The molecule has 0 aliphatic carbocycles. The van der Waals surface area contributed by atoms with Crippen LogP contribution in [0.2, 0.25) is 5.04 Å². The van der Waals surface area contributed by atoms with Crippen LogP contribution in [0.5, 0.6) is 0 Å². The van der Waals surface area contributed by atoms with Gasteiger partial charge in [0.2, 0.25) is 0 Å². The van der Waals surface area contributed by atoms with E-state index in [0.717, 1.165) is 12.8 Å². The van der Waals surface area contributed by atoms with Gasteiger partial charge in [-0.25, -0.2) is 4.79 Å². The smallest absolute Gasteiger partial charge is 0.407 e. The fourth-order valence-corrected chi connectivity index (χ4v) is 10.3. The average Bonchev–Trinajstić information content (AvgIpc) is 3.05. The minimum atomic E-state index is -2.54. The Morgan fingerprint density at radius 2 is 1.02 bits per heavy atom. The van der Waals surface area contributed by atoms with Crippen molar-refractivity contribution in [1.29, 1.82) is 0 Å². The lowest BCUT2D eigenvalue weighted by Gasteiger charge is -2.43. The summed E-state index contributed by atoms with van der Waals surface area (Å²) in [6.45, 7) is 13.4. The van der Waals surface area contributed by atoms with Crippen LogP contribution in [0.3, 0.4) is 0 Å². The Morgan fingerprint density at radius 3 is 1.50 bits per heavy atom. The van der Waals surface area contributed by atoms with Gasteiger partial charge in [-0.3, -0.25) is 0 Å². The van der Waals surface area contributed by atoms with Gasteiger partial charge in [0, 0.05) is 6.54 Å². The molecule has 2 aromatic carbocycles. The molecular weight excluding hydrogens is 595 g/mol. The molecule has 0 unspecified atom stereocenters. The number of hydrogen-bond acceptors (Lipinski definition) is 6. The first kappa shape index (κ1) is 39.9. The number of nitrogens with one attached hydrogen (secondary N) is 1. The van der Waals surface area contributed by atoms with Crippen LogP contribution < -0.4 is 15.7 Å². The zero-order chi connectivity index (χ0) is 33.2. The Labute approximate surface area is 281 Å². The predicted molar refractivity (Wildman–Crippen MR) is 192 cm³/mol. The van der Waals surface area contributed by atoms with E-state index < -0.39 is 8.32 Å². The zero-order valence-electron chi connectivity index (χ0n) is 29.4. The first-order chi connectivity index (χ1) is 22.4. The van der Waals surface area contributed by atoms with Gasteiger partial charge in [-0.2, -0.15) is 0 Å². The first-order valence-electron chi connectivity index (χ1n) is 17.8. The summed E-state index contributed by atoms with van der Waals surface area (Å²) in [6, 6.07) is 21.3. The van der Waals surface area contributed by atoms with Crippen molar-refractivity contribution < 1.29 is 28.2 Å². The number of unbranched alkanes of at least 4 members (excludes halogenated alkanes) is 10. The molecule has 0 aliphatic rings. The summed E-state index contributed by atoms with van der Waals surface area (Å²) in [7, 11) is -2.54. The molecule has 260 valence electrons. The van der Waals surface area contributed by atoms with Crippen molar-refractivity contribution in [3.05, 3.63) is 60.7 Å².